The Morgan fingerprint density at radius 1 is 1.58 bits per heavy atom. The number of rotatable bonds is 6. The summed E-state index contributed by atoms with van der Waals surface area (Å²) in [5, 5.41) is 0. The molecule has 72 valence electrons. The van der Waals surface area contributed by atoms with Gasteiger partial charge in [-0.15, -0.1) is 0 Å². The summed E-state index contributed by atoms with van der Waals surface area (Å²) >= 11 is 1.59. The van der Waals surface area contributed by atoms with Gasteiger partial charge in [0.05, 0.1) is 6.42 Å². The van der Waals surface area contributed by atoms with Crippen molar-refractivity contribution in [3.63, 3.8) is 0 Å². The Balaban J connectivity index is 3.20. The molecule has 4 nitrogen and oxygen atoms in total. The van der Waals surface area contributed by atoms with Gasteiger partial charge in [-0.25, -0.2) is 0 Å². The van der Waals surface area contributed by atoms with Crippen LogP contribution in [0.4, 0.5) is 0 Å². The minimum Gasteiger partial charge on any atom is -0.464 e. The first-order valence-electron chi connectivity index (χ1n) is 3.82. The van der Waals surface area contributed by atoms with Crippen molar-refractivity contribution in [2.75, 3.05) is 33.0 Å². The van der Waals surface area contributed by atoms with E-state index >= 15 is 0 Å². The van der Waals surface area contributed by atoms with E-state index < -0.39 is 0 Å². The van der Waals surface area contributed by atoms with Crippen LogP contribution in [0, 0.1) is 0 Å². The van der Waals surface area contributed by atoms with Crippen LogP contribution in [0.2, 0.25) is 0 Å². The Hall–Kier alpha value is -0.260. The Kier molecular flexibility index (Phi) is 7.23. The van der Waals surface area contributed by atoms with E-state index in [1.807, 2.05) is 18.4 Å². The van der Waals surface area contributed by atoms with Crippen molar-refractivity contribution in [2.24, 2.45) is 5.73 Å². The van der Waals surface area contributed by atoms with Crippen LogP contribution < -0.4 is 5.73 Å². The van der Waals surface area contributed by atoms with Crippen LogP contribution >= 0.6 is 11.9 Å². The second-order valence-electron chi connectivity index (χ2n) is 2.40. The highest BCUT2D eigenvalue weighted by molar-refractivity contribution is 7.96. The average Bonchev–Trinajstić information content (AvgIpc) is 2.00. The lowest BCUT2D eigenvalue weighted by molar-refractivity contribution is -0.142. The highest BCUT2D eigenvalue weighted by Gasteiger charge is 2.01. The summed E-state index contributed by atoms with van der Waals surface area (Å²) in [5.74, 6) is 0.589. The summed E-state index contributed by atoms with van der Waals surface area (Å²) in [6, 6.07) is 0. The van der Waals surface area contributed by atoms with Crippen LogP contribution in [0.5, 0.6) is 0 Å². The molecule has 12 heavy (non-hydrogen) atoms. The summed E-state index contributed by atoms with van der Waals surface area (Å²) < 4.78 is 6.73. The first kappa shape index (κ1) is 11.7. The molecule has 0 aromatic heterocycles. The van der Waals surface area contributed by atoms with Gasteiger partial charge < -0.3 is 10.5 Å². The van der Waals surface area contributed by atoms with Gasteiger partial charge in [0, 0.05) is 12.3 Å². The Bertz CT molecular complexity index is 131. The van der Waals surface area contributed by atoms with Crippen LogP contribution in [-0.2, 0) is 9.53 Å². The molecule has 0 unspecified atom stereocenters. The fourth-order valence-corrected chi connectivity index (χ4v) is 1.18. The third-order valence-electron chi connectivity index (χ3n) is 1.04. The molecule has 0 rings (SSSR count). The maximum atomic E-state index is 10.9. The van der Waals surface area contributed by atoms with Crippen LogP contribution in [0.15, 0.2) is 0 Å². The highest BCUT2D eigenvalue weighted by Crippen LogP contribution is 2.04. The molecular weight excluding hydrogens is 176 g/mol. The summed E-state index contributed by atoms with van der Waals surface area (Å²) in [4.78, 5) is 10.9. The molecule has 0 atom stereocenters. The van der Waals surface area contributed by atoms with Crippen molar-refractivity contribution in [1.82, 2.24) is 4.31 Å². The van der Waals surface area contributed by atoms with E-state index in [9.17, 15) is 4.79 Å². The van der Waals surface area contributed by atoms with Gasteiger partial charge in [-0.1, -0.05) is 11.9 Å². The molecule has 0 aliphatic heterocycles. The van der Waals surface area contributed by atoms with Gasteiger partial charge in [0.15, 0.2) is 0 Å². The largest absolute Gasteiger partial charge is 0.464 e. The highest BCUT2D eigenvalue weighted by atomic mass is 32.2. The van der Waals surface area contributed by atoms with Crippen molar-refractivity contribution in [2.45, 2.75) is 6.42 Å². The summed E-state index contributed by atoms with van der Waals surface area (Å²) in [6.07, 6.45) is 0.447. The molecule has 0 radical (unpaired) electrons. The average molecular weight is 192 g/mol. The third kappa shape index (κ3) is 7.84. The van der Waals surface area contributed by atoms with Crippen molar-refractivity contribution in [3.8, 4) is 0 Å². The molecule has 2 N–H and O–H groups in total. The normalized spacial score (nSPS) is 10.3. The molecule has 0 heterocycles. The molecule has 0 aromatic rings. The zero-order valence-electron chi connectivity index (χ0n) is 7.58. The lowest BCUT2D eigenvalue weighted by atomic mass is 10.5. The van der Waals surface area contributed by atoms with Crippen molar-refractivity contribution in [1.29, 1.82) is 0 Å². The van der Waals surface area contributed by atoms with E-state index in [4.69, 9.17) is 10.5 Å². The number of ether oxygens (including phenoxy) is 1. The third-order valence-corrected chi connectivity index (χ3v) is 1.94. The van der Waals surface area contributed by atoms with E-state index in [0.29, 0.717) is 19.6 Å². The zero-order valence-corrected chi connectivity index (χ0v) is 8.39. The number of carbonyl (C=O) groups is 1. The number of hydrogen-bond acceptors (Lipinski definition) is 5. The molecule has 0 aromatic carbocycles. The predicted octanol–water partition coefficient (Wildman–Crippen LogP) is 0.0882. The van der Waals surface area contributed by atoms with Gasteiger partial charge in [0.1, 0.15) is 6.61 Å². The molecule has 0 spiro atoms. The van der Waals surface area contributed by atoms with Gasteiger partial charge in [-0.05, 0) is 14.1 Å². The number of carbonyl (C=O) groups excluding carboxylic acids is 1. The number of hydrogen-bond donors (Lipinski definition) is 1. The predicted molar refractivity (Wildman–Crippen MR) is 50.8 cm³/mol. The number of esters is 1. The molecular formula is C7H16N2O2S. The quantitative estimate of drug-likeness (QED) is 0.477. The zero-order chi connectivity index (χ0) is 9.40. The molecule has 0 bridgehead atoms. The van der Waals surface area contributed by atoms with Gasteiger partial charge >= 0.3 is 5.97 Å². The van der Waals surface area contributed by atoms with E-state index in [1.54, 1.807) is 11.9 Å². The molecule has 0 amide bonds. The number of nitrogens with two attached hydrogens (primary N) is 1. The standard InChI is InChI=1S/C7H16N2O2S/c1-9(2)12-6-3-7(10)11-5-4-8/h3-6,8H2,1-2H3. The second-order valence-corrected chi connectivity index (χ2v) is 3.80. The maximum Gasteiger partial charge on any atom is 0.306 e. The maximum absolute atomic E-state index is 10.9. The Morgan fingerprint density at radius 2 is 2.25 bits per heavy atom. The van der Waals surface area contributed by atoms with E-state index in [-0.39, 0.29) is 5.97 Å². The van der Waals surface area contributed by atoms with E-state index in [1.165, 1.54) is 0 Å². The fraction of sp³-hybridized carbons (Fsp3) is 0.857. The van der Waals surface area contributed by atoms with Crippen LogP contribution in [0.3, 0.4) is 0 Å². The molecule has 0 aliphatic rings. The Labute approximate surface area is 77.6 Å². The monoisotopic (exact) mass is 192 g/mol. The van der Waals surface area contributed by atoms with E-state index in [0.717, 1.165) is 5.75 Å². The molecule has 0 saturated heterocycles. The Morgan fingerprint density at radius 3 is 2.75 bits per heavy atom. The minimum atomic E-state index is -0.171. The first-order chi connectivity index (χ1) is 5.66. The van der Waals surface area contributed by atoms with Gasteiger partial charge in [0.2, 0.25) is 0 Å². The molecule has 0 aliphatic carbocycles. The van der Waals surface area contributed by atoms with Crippen molar-refractivity contribution < 1.29 is 9.53 Å². The fourth-order valence-electron chi connectivity index (χ4n) is 0.556. The number of nitrogens with zero attached hydrogens (tertiary/aromatic N) is 1. The van der Waals surface area contributed by atoms with Crippen molar-refractivity contribution in [3.05, 3.63) is 0 Å². The van der Waals surface area contributed by atoms with Gasteiger partial charge in [-0.3, -0.25) is 9.10 Å². The summed E-state index contributed by atoms with van der Waals surface area (Å²) in [5.41, 5.74) is 5.16. The molecule has 0 saturated carbocycles. The topological polar surface area (TPSA) is 55.6 Å². The minimum absolute atomic E-state index is 0.171. The SMILES string of the molecule is CN(C)SCCC(=O)OCCN. The summed E-state index contributed by atoms with van der Waals surface area (Å²) in [6.45, 7) is 0.720. The van der Waals surface area contributed by atoms with E-state index in [2.05, 4.69) is 0 Å². The van der Waals surface area contributed by atoms with Crippen LogP contribution in [0.1, 0.15) is 6.42 Å². The molecule has 5 heteroatoms. The van der Waals surface area contributed by atoms with Crippen molar-refractivity contribution >= 4 is 17.9 Å². The van der Waals surface area contributed by atoms with Crippen LogP contribution in [0.25, 0.3) is 0 Å². The van der Waals surface area contributed by atoms with Crippen LogP contribution in [-0.4, -0.2) is 43.3 Å². The smallest absolute Gasteiger partial charge is 0.306 e. The van der Waals surface area contributed by atoms with Gasteiger partial charge in [0.25, 0.3) is 0 Å². The first-order valence-corrected chi connectivity index (χ1v) is 4.77. The lowest BCUT2D eigenvalue weighted by Gasteiger charge is -2.07. The van der Waals surface area contributed by atoms with Gasteiger partial charge in [-0.2, -0.15) is 0 Å². The lowest BCUT2D eigenvalue weighted by Crippen LogP contribution is -2.14. The molecule has 0 fully saturated rings. The summed E-state index contributed by atoms with van der Waals surface area (Å²) in [7, 11) is 3.88. The second kappa shape index (κ2) is 7.39.